The molecule has 0 heterocycles. The van der Waals surface area contributed by atoms with Crippen molar-refractivity contribution in [3.63, 3.8) is 0 Å². The third-order valence-electron chi connectivity index (χ3n) is 3.28. The molecule has 0 fully saturated rings. The molecule has 80 valence electrons. The Labute approximate surface area is 98.7 Å². The first-order valence-corrected chi connectivity index (χ1v) is 16.0. The zero-order valence-corrected chi connectivity index (χ0v) is 13.9. The fraction of sp³-hybridized carbons (Fsp3) is 0.429. The molecule has 0 nitrogen and oxygen atoms in total. The molecule has 0 spiro atoms. The molecule has 0 aliphatic heterocycles. The number of benzene rings is 1. The van der Waals surface area contributed by atoms with Gasteiger partial charge in [0, 0.05) is 0 Å². The van der Waals surface area contributed by atoms with E-state index in [9.17, 15) is 0 Å². The van der Waals surface area contributed by atoms with Crippen LogP contribution in [0.2, 0.25) is 11.9 Å². The van der Waals surface area contributed by atoms with Gasteiger partial charge in [0.1, 0.15) is 0 Å². The fourth-order valence-electron chi connectivity index (χ4n) is 1.74. The van der Waals surface area contributed by atoms with Crippen molar-refractivity contribution in [3.05, 3.63) is 35.9 Å². The van der Waals surface area contributed by atoms with Crippen LogP contribution in [0, 0.1) is 9.40 Å². The summed E-state index contributed by atoms with van der Waals surface area (Å²) < 4.78 is 7.75. The van der Waals surface area contributed by atoms with Gasteiger partial charge < -0.3 is 0 Å². The average molecular weight is 396 g/mol. The van der Waals surface area contributed by atoms with Crippen molar-refractivity contribution >= 4 is 21.2 Å². The second kappa shape index (κ2) is 6.32. The first-order valence-electron chi connectivity index (χ1n) is 5.84. The van der Waals surface area contributed by atoms with Crippen LogP contribution in [0.1, 0.15) is 26.3 Å². The normalized spacial score (nSPS) is 10.6. The molecular formula is C14H20Pb. The van der Waals surface area contributed by atoms with Crippen molar-refractivity contribution in [1.82, 2.24) is 0 Å². The van der Waals surface area contributed by atoms with E-state index in [0.29, 0.717) is 0 Å². The third-order valence-corrected chi connectivity index (χ3v) is 21.6. The Kier molecular flexibility index (Phi) is 5.38. The van der Waals surface area contributed by atoms with Crippen molar-refractivity contribution in [2.75, 3.05) is 0 Å². The maximum absolute atomic E-state index is 3.67. The summed E-state index contributed by atoms with van der Waals surface area (Å²) in [5, 5.41) is 0. The van der Waals surface area contributed by atoms with E-state index in [0.717, 1.165) is 0 Å². The molecule has 0 unspecified atom stereocenters. The van der Waals surface area contributed by atoms with Crippen LogP contribution in [0.5, 0.6) is 0 Å². The Morgan fingerprint density at radius 1 is 0.933 bits per heavy atom. The van der Waals surface area contributed by atoms with Crippen molar-refractivity contribution in [2.45, 2.75) is 32.7 Å². The minimum atomic E-state index is -2.15. The SMILES string of the molecule is C[CH2][Pb]([C]#Cc1ccccc1)([CH2]C)[CH2]C. The summed E-state index contributed by atoms with van der Waals surface area (Å²) in [6.45, 7) is 6.98. The van der Waals surface area contributed by atoms with Crippen molar-refractivity contribution in [1.29, 1.82) is 0 Å². The van der Waals surface area contributed by atoms with Crippen LogP contribution in [-0.2, 0) is 0 Å². The maximum atomic E-state index is 3.67. The van der Waals surface area contributed by atoms with Gasteiger partial charge in [-0.2, -0.15) is 0 Å². The van der Waals surface area contributed by atoms with Gasteiger partial charge in [-0.25, -0.2) is 0 Å². The Bertz CT molecular complexity index is 330. The second-order valence-corrected chi connectivity index (χ2v) is 23.1. The summed E-state index contributed by atoms with van der Waals surface area (Å²) in [4.78, 5) is 0. The standard InChI is InChI=1S/C8H5.3C2H5.Pb/c1-2-8-6-4-3-5-7-8;3*1-2;/h3-7H;3*1H2,2H3;. The summed E-state index contributed by atoms with van der Waals surface area (Å²) in [5.74, 6) is 3.39. The van der Waals surface area contributed by atoms with E-state index in [1.807, 2.05) is 6.07 Å². The Morgan fingerprint density at radius 3 is 1.93 bits per heavy atom. The molecule has 1 rings (SSSR count). The molecule has 0 aliphatic carbocycles. The van der Waals surface area contributed by atoms with Gasteiger partial charge in [0.05, 0.1) is 0 Å². The quantitative estimate of drug-likeness (QED) is 0.534. The van der Waals surface area contributed by atoms with Gasteiger partial charge in [-0.15, -0.1) is 0 Å². The summed E-state index contributed by atoms with van der Waals surface area (Å²) in [5.41, 5.74) is 1.18. The molecule has 0 saturated carbocycles. The zero-order valence-electron chi connectivity index (χ0n) is 10.0. The number of hydrogen-bond donors (Lipinski definition) is 0. The molecule has 15 heavy (non-hydrogen) atoms. The van der Waals surface area contributed by atoms with Gasteiger partial charge >= 0.3 is 99.2 Å². The van der Waals surface area contributed by atoms with Crippen molar-refractivity contribution in [2.24, 2.45) is 0 Å². The topological polar surface area (TPSA) is 0 Å². The predicted octanol–water partition coefficient (Wildman–Crippen LogP) is 4.09. The molecule has 0 atom stereocenters. The molecule has 0 aliphatic rings. The van der Waals surface area contributed by atoms with Gasteiger partial charge in [-0.1, -0.05) is 0 Å². The van der Waals surface area contributed by atoms with Crippen LogP contribution in [0.25, 0.3) is 0 Å². The summed E-state index contributed by atoms with van der Waals surface area (Å²) >= 11 is -2.15. The van der Waals surface area contributed by atoms with E-state index in [2.05, 4.69) is 54.4 Å². The van der Waals surface area contributed by atoms with Gasteiger partial charge in [0.15, 0.2) is 0 Å². The predicted molar refractivity (Wildman–Crippen MR) is 70.5 cm³/mol. The average Bonchev–Trinajstić information content (AvgIpc) is 2.33. The molecule has 0 radical (unpaired) electrons. The van der Waals surface area contributed by atoms with E-state index in [4.69, 9.17) is 0 Å². The molecular weight excluding hydrogens is 375 g/mol. The van der Waals surface area contributed by atoms with Crippen LogP contribution < -0.4 is 0 Å². The first kappa shape index (κ1) is 12.8. The van der Waals surface area contributed by atoms with Crippen LogP contribution >= 0.6 is 0 Å². The summed E-state index contributed by atoms with van der Waals surface area (Å²) in [6.07, 6.45) is 0. The molecule has 0 aromatic heterocycles. The first-order chi connectivity index (χ1) is 7.26. The second-order valence-electron chi connectivity index (χ2n) is 3.96. The summed E-state index contributed by atoms with van der Waals surface area (Å²) in [7, 11) is 0. The summed E-state index contributed by atoms with van der Waals surface area (Å²) in [6, 6.07) is 10.4. The molecule has 0 N–H and O–H groups in total. The molecule has 1 heteroatoms. The van der Waals surface area contributed by atoms with Gasteiger partial charge in [0.2, 0.25) is 0 Å². The van der Waals surface area contributed by atoms with Gasteiger partial charge in [0.25, 0.3) is 0 Å². The van der Waals surface area contributed by atoms with Crippen LogP contribution in [0.15, 0.2) is 30.3 Å². The molecule has 0 amide bonds. The molecule has 1 aromatic carbocycles. The van der Waals surface area contributed by atoms with Crippen LogP contribution in [0.3, 0.4) is 0 Å². The number of hydrogen-bond acceptors (Lipinski definition) is 0. The van der Waals surface area contributed by atoms with Gasteiger partial charge in [-0.3, -0.25) is 0 Å². The van der Waals surface area contributed by atoms with Crippen molar-refractivity contribution in [3.8, 4) is 9.40 Å². The van der Waals surface area contributed by atoms with Crippen LogP contribution in [-0.4, -0.2) is 21.2 Å². The fourth-order valence-corrected chi connectivity index (χ4v) is 11.2. The van der Waals surface area contributed by atoms with E-state index in [-0.39, 0.29) is 0 Å². The third kappa shape index (κ3) is 3.64. The molecule has 1 aromatic rings. The van der Waals surface area contributed by atoms with Crippen LogP contribution in [0.4, 0.5) is 0 Å². The van der Waals surface area contributed by atoms with Crippen molar-refractivity contribution < 1.29 is 0 Å². The van der Waals surface area contributed by atoms with E-state index < -0.39 is 21.2 Å². The Hall–Kier alpha value is -0.298. The van der Waals surface area contributed by atoms with E-state index in [1.54, 1.807) is 0 Å². The number of rotatable bonds is 3. The van der Waals surface area contributed by atoms with Gasteiger partial charge in [-0.05, 0) is 0 Å². The monoisotopic (exact) mass is 396 g/mol. The van der Waals surface area contributed by atoms with E-state index in [1.165, 1.54) is 17.5 Å². The Morgan fingerprint density at radius 2 is 1.47 bits per heavy atom. The zero-order chi connectivity index (χ0) is 11.1. The molecule has 0 bridgehead atoms. The van der Waals surface area contributed by atoms with E-state index >= 15 is 0 Å². The molecule has 0 saturated heterocycles. The Balaban J connectivity index is 2.88. The minimum absolute atomic E-state index is 1.18.